The lowest BCUT2D eigenvalue weighted by Crippen LogP contribution is -2.36. The number of carboxylic acid groups (broad SMARTS) is 1. The molecular formula is C14H17NO3. The van der Waals surface area contributed by atoms with Crippen LogP contribution in [0.15, 0.2) is 36.9 Å². The Morgan fingerprint density at radius 2 is 1.94 bits per heavy atom. The summed E-state index contributed by atoms with van der Waals surface area (Å²) >= 11 is 0. The van der Waals surface area contributed by atoms with Crippen LogP contribution in [0.25, 0.3) is 0 Å². The van der Waals surface area contributed by atoms with E-state index in [9.17, 15) is 9.59 Å². The highest BCUT2D eigenvalue weighted by atomic mass is 16.4. The SMILES string of the molecule is C=CCN(CC(=O)O)C(=O)Cc1ccc(C)cc1. The largest absolute Gasteiger partial charge is 0.480 e. The molecule has 0 bridgehead atoms. The van der Waals surface area contributed by atoms with Gasteiger partial charge < -0.3 is 10.0 Å². The van der Waals surface area contributed by atoms with E-state index in [1.807, 2.05) is 31.2 Å². The minimum absolute atomic E-state index is 0.207. The Morgan fingerprint density at radius 3 is 2.44 bits per heavy atom. The van der Waals surface area contributed by atoms with E-state index in [0.29, 0.717) is 0 Å². The Kier molecular flexibility index (Phi) is 5.11. The number of carbonyl (C=O) groups is 2. The summed E-state index contributed by atoms with van der Waals surface area (Å²) in [7, 11) is 0. The van der Waals surface area contributed by atoms with E-state index in [4.69, 9.17) is 5.11 Å². The maximum absolute atomic E-state index is 11.9. The maximum atomic E-state index is 11.9. The van der Waals surface area contributed by atoms with Crippen molar-refractivity contribution in [2.45, 2.75) is 13.3 Å². The van der Waals surface area contributed by atoms with Gasteiger partial charge >= 0.3 is 5.97 Å². The normalized spacial score (nSPS) is 9.83. The van der Waals surface area contributed by atoms with Crippen molar-refractivity contribution in [3.05, 3.63) is 48.0 Å². The lowest BCUT2D eigenvalue weighted by Gasteiger charge is -2.18. The third-order valence-corrected chi connectivity index (χ3v) is 2.50. The van der Waals surface area contributed by atoms with Crippen LogP contribution in [0.5, 0.6) is 0 Å². The molecule has 0 unspecified atom stereocenters. The van der Waals surface area contributed by atoms with Crippen molar-refractivity contribution in [2.75, 3.05) is 13.1 Å². The molecule has 1 aromatic carbocycles. The molecule has 0 spiro atoms. The zero-order chi connectivity index (χ0) is 13.5. The third-order valence-electron chi connectivity index (χ3n) is 2.50. The number of amides is 1. The molecule has 0 aromatic heterocycles. The van der Waals surface area contributed by atoms with E-state index in [1.54, 1.807) is 0 Å². The van der Waals surface area contributed by atoms with Gasteiger partial charge in [0.25, 0.3) is 0 Å². The monoisotopic (exact) mass is 247 g/mol. The van der Waals surface area contributed by atoms with E-state index in [0.717, 1.165) is 11.1 Å². The first kappa shape index (κ1) is 14.0. The minimum Gasteiger partial charge on any atom is -0.480 e. The molecule has 4 nitrogen and oxygen atoms in total. The van der Waals surface area contributed by atoms with Crippen LogP contribution in [-0.2, 0) is 16.0 Å². The predicted molar refractivity (Wildman–Crippen MR) is 69.3 cm³/mol. The van der Waals surface area contributed by atoms with Gasteiger partial charge in [-0.1, -0.05) is 35.9 Å². The van der Waals surface area contributed by atoms with Gasteiger partial charge in [0.15, 0.2) is 0 Å². The molecule has 0 aliphatic carbocycles. The van der Waals surface area contributed by atoms with Crippen LogP contribution in [0.2, 0.25) is 0 Å². The molecule has 0 aliphatic rings. The van der Waals surface area contributed by atoms with Crippen LogP contribution in [0.1, 0.15) is 11.1 Å². The Morgan fingerprint density at radius 1 is 1.33 bits per heavy atom. The highest BCUT2D eigenvalue weighted by Gasteiger charge is 2.15. The lowest BCUT2D eigenvalue weighted by atomic mass is 10.1. The Labute approximate surface area is 107 Å². The number of hydrogen-bond acceptors (Lipinski definition) is 2. The second-order valence-electron chi connectivity index (χ2n) is 4.12. The van der Waals surface area contributed by atoms with Crippen molar-refractivity contribution in [3.63, 3.8) is 0 Å². The predicted octanol–water partition coefficient (Wildman–Crippen LogP) is 1.64. The fourth-order valence-corrected chi connectivity index (χ4v) is 1.57. The van der Waals surface area contributed by atoms with E-state index < -0.39 is 5.97 Å². The number of aliphatic carboxylic acids is 1. The minimum atomic E-state index is -1.02. The van der Waals surface area contributed by atoms with Crippen LogP contribution < -0.4 is 0 Å². The summed E-state index contributed by atoms with van der Waals surface area (Å²) in [4.78, 5) is 23.9. The van der Waals surface area contributed by atoms with Gasteiger partial charge in [-0.25, -0.2) is 0 Å². The molecule has 4 heteroatoms. The fourth-order valence-electron chi connectivity index (χ4n) is 1.57. The Hall–Kier alpha value is -2.10. The van der Waals surface area contributed by atoms with Gasteiger partial charge in [0.05, 0.1) is 6.42 Å². The molecule has 0 saturated heterocycles. The topological polar surface area (TPSA) is 57.6 Å². The van der Waals surface area contributed by atoms with Crippen molar-refractivity contribution < 1.29 is 14.7 Å². The average Bonchev–Trinajstić information content (AvgIpc) is 2.31. The molecule has 0 saturated carbocycles. The van der Waals surface area contributed by atoms with Gasteiger partial charge in [-0.2, -0.15) is 0 Å². The van der Waals surface area contributed by atoms with Gasteiger partial charge in [-0.3, -0.25) is 9.59 Å². The van der Waals surface area contributed by atoms with Crippen molar-refractivity contribution in [1.82, 2.24) is 4.90 Å². The molecule has 0 fully saturated rings. The maximum Gasteiger partial charge on any atom is 0.323 e. The summed E-state index contributed by atoms with van der Waals surface area (Å²) in [6.07, 6.45) is 1.73. The summed E-state index contributed by atoms with van der Waals surface area (Å²) in [5, 5.41) is 8.73. The first-order valence-corrected chi connectivity index (χ1v) is 5.69. The fraction of sp³-hybridized carbons (Fsp3) is 0.286. The number of aryl methyl sites for hydroxylation is 1. The number of rotatable bonds is 6. The zero-order valence-corrected chi connectivity index (χ0v) is 10.4. The molecular weight excluding hydrogens is 230 g/mol. The highest BCUT2D eigenvalue weighted by molar-refractivity contribution is 5.83. The van der Waals surface area contributed by atoms with Crippen LogP contribution in [-0.4, -0.2) is 35.0 Å². The molecule has 0 radical (unpaired) electrons. The summed E-state index contributed by atoms with van der Waals surface area (Å²) in [5.41, 5.74) is 2.00. The summed E-state index contributed by atoms with van der Waals surface area (Å²) in [6.45, 7) is 5.45. The highest BCUT2D eigenvalue weighted by Crippen LogP contribution is 2.06. The van der Waals surface area contributed by atoms with Gasteiger partial charge in [0, 0.05) is 6.54 Å². The average molecular weight is 247 g/mol. The number of nitrogens with zero attached hydrogens (tertiary/aromatic N) is 1. The van der Waals surface area contributed by atoms with Crippen LogP contribution in [0.4, 0.5) is 0 Å². The number of hydrogen-bond donors (Lipinski definition) is 1. The standard InChI is InChI=1S/C14H17NO3/c1-3-8-15(10-14(17)18)13(16)9-12-6-4-11(2)5-7-12/h3-7H,1,8-10H2,2H3,(H,17,18). The molecule has 18 heavy (non-hydrogen) atoms. The zero-order valence-electron chi connectivity index (χ0n) is 10.4. The summed E-state index contributed by atoms with van der Waals surface area (Å²) < 4.78 is 0. The Bertz CT molecular complexity index is 437. The Balaban J connectivity index is 2.68. The first-order chi connectivity index (χ1) is 8.52. The smallest absolute Gasteiger partial charge is 0.323 e. The molecule has 1 aromatic rings. The van der Waals surface area contributed by atoms with Crippen LogP contribution >= 0.6 is 0 Å². The van der Waals surface area contributed by atoms with Crippen molar-refractivity contribution >= 4 is 11.9 Å². The van der Waals surface area contributed by atoms with Gasteiger partial charge in [0.1, 0.15) is 6.54 Å². The van der Waals surface area contributed by atoms with Crippen molar-refractivity contribution in [2.24, 2.45) is 0 Å². The van der Waals surface area contributed by atoms with E-state index in [-0.39, 0.29) is 25.4 Å². The van der Waals surface area contributed by atoms with Gasteiger partial charge in [-0.05, 0) is 12.5 Å². The van der Waals surface area contributed by atoms with Crippen LogP contribution in [0.3, 0.4) is 0 Å². The van der Waals surface area contributed by atoms with Crippen LogP contribution in [0, 0.1) is 6.92 Å². The molecule has 1 N–H and O–H groups in total. The van der Waals surface area contributed by atoms with E-state index in [1.165, 1.54) is 11.0 Å². The second kappa shape index (κ2) is 6.59. The van der Waals surface area contributed by atoms with Crippen molar-refractivity contribution in [3.8, 4) is 0 Å². The molecule has 1 amide bonds. The molecule has 1 rings (SSSR count). The molecule has 0 heterocycles. The number of benzene rings is 1. The van der Waals surface area contributed by atoms with E-state index in [2.05, 4.69) is 6.58 Å². The third kappa shape index (κ3) is 4.41. The summed E-state index contributed by atoms with van der Waals surface area (Å²) in [5.74, 6) is -1.23. The first-order valence-electron chi connectivity index (χ1n) is 5.69. The lowest BCUT2D eigenvalue weighted by molar-refractivity contribution is -0.143. The molecule has 0 atom stereocenters. The van der Waals surface area contributed by atoms with E-state index >= 15 is 0 Å². The number of carbonyl (C=O) groups excluding carboxylic acids is 1. The van der Waals surface area contributed by atoms with Gasteiger partial charge in [0.2, 0.25) is 5.91 Å². The number of carboxylic acids is 1. The summed E-state index contributed by atoms with van der Waals surface area (Å²) in [6, 6.07) is 7.61. The molecule has 96 valence electrons. The molecule has 0 aliphatic heterocycles. The van der Waals surface area contributed by atoms with Crippen molar-refractivity contribution in [1.29, 1.82) is 0 Å². The second-order valence-corrected chi connectivity index (χ2v) is 4.12. The quantitative estimate of drug-likeness (QED) is 0.777. The van der Waals surface area contributed by atoms with Gasteiger partial charge in [-0.15, -0.1) is 6.58 Å².